The van der Waals surface area contributed by atoms with Gasteiger partial charge in [-0.15, -0.1) is 5.75 Å². The van der Waals surface area contributed by atoms with E-state index in [0.29, 0.717) is 11.4 Å². The van der Waals surface area contributed by atoms with Gasteiger partial charge in [-0.2, -0.15) is 0 Å². The number of aromatic hydroxyl groups is 3. The molecule has 1 heterocycles. The Morgan fingerprint density at radius 2 is 1.38 bits per heavy atom. The molecule has 4 rings (SSSR count). The smallest absolute Gasteiger partial charge is 0.872 e. The Labute approximate surface area is 228 Å². The molecule has 32 heavy (non-hydrogen) atoms. The van der Waals surface area contributed by atoms with E-state index in [-0.39, 0.29) is 97.0 Å². The molecule has 3 N–H and O–H groups in total. The van der Waals surface area contributed by atoms with Gasteiger partial charge in [0, 0.05) is 17.1 Å². The molecule has 8 heteroatoms. The molecule has 0 saturated carbocycles. The summed E-state index contributed by atoms with van der Waals surface area (Å²) < 4.78 is 0. The van der Waals surface area contributed by atoms with Gasteiger partial charge < -0.3 is 20.4 Å². The third kappa shape index (κ3) is 5.28. The average Bonchev–Trinajstić information content (AvgIpc) is 2.88. The van der Waals surface area contributed by atoms with E-state index in [2.05, 4.69) is 15.0 Å². The zero-order valence-electron chi connectivity index (χ0n) is 17.9. The molecule has 0 spiro atoms. The number of phenols is 3. The van der Waals surface area contributed by atoms with Gasteiger partial charge in [0.1, 0.15) is 17.2 Å². The molecule has 0 aliphatic heterocycles. The van der Waals surface area contributed by atoms with Crippen LogP contribution >= 0.6 is 0 Å². The largest absolute Gasteiger partial charge is 1.00 e. The van der Waals surface area contributed by atoms with Crippen molar-refractivity contribution < 1.29 is 71.8 Å². The maximum Gasteiger partial charge on any atom is 1.00 e. The van der Waals surface area contributed by atoms with Gasteiger partial charge in [0.2, 0.25) is 0 Å². The molecular weight excluding hydrogens is 433 g/mol. The summed E-state index contributed by atoms with van der Waals surface area (Å²) in [7, 11) is 0. The summed E-state index contributed by atoms with van der Waals surface area (Å²) in [6, 6.07) is 7.96. The molecule has 0 radical (unpaired) electrons. The van der Waals surface area contributed by atoms with Crippen LogP contribution in [0.5, 0.6) is 23.0 Å². The van der Waals surface area contributed by atoms with Crippen LogP contribution in [0, 0.1) is 5.41 Å². The van der Waals surface area contributed by atoms with Gasteiger partial charge in [-0.05, 0) is 24.3 Å². The molecule has 2 aromatic carbocycles. The summed E-state index contributed by atoms with van der Waals surface area (Å²) in [6.07, 6.45) is 9.74. The van der Waals surface area contributed by atoms with E-state index in [9.17, 15) is 20.4 Å². The Bertz CT molecular complexity index is 1200. The average molecular weight is 454 g/mol. The van der Waals surface area contributed by atoms with Gasteiger partial charge >= 0.3 is 51.4 Å². The second kappa shape index (κ2) is 9.56. The fourth-order valence-corrected chi connectivity index (χ4v) is 3.25. The van der Waals surface area contributed by atoms with Gasteiger partial charge in [0.25, 0.3) is 0 Å². The van der Waals surface area contributed by atoms with Crippen LogP contribution in [0.4, 0.5) is 0 Å². The van der Waals surface area contributed by atoms with Crippen molar-refractivity contribution in [2.45, 2.75) is 13.8 Å². The molecule has 0 fully saturated rings. The van der Waals surface area contributed by atoms with E-state index in [1.807, 2.05) is 44.2 Å². The van der Waals surface area contributed by atoms with Crippen LogP contribution in [0.1, 0.15) is 19.7 Å². The van der Waals surface area contributed by atoms with Crippen molar-refractivity contribution in [1.82, 2.24) is 15.0 Å². The maximum absolute atomic E-state index is 11.6. The normalized spacial score (nSPS) is 14.4. The number of phenolic OH excluding ortho intramolecular Hbond substituents is 3. The molecule has 1 aliphatic carbocycles. The number of allylic oxidation sites excluding steroid dienone is 6. The van der Waals surface area contributed by atoms with Crippen molar-refractivity contribution in [3.8, 4) is 45.8 Å². The van der Waals surface area contributed by atoms with E-state index >= 15 is 0 Å². The number of hydrogen-bond acceptors (Lipinski definition) is 7. The predicted molar refractivity (Wildman–Crippen MR) is 115 cm³/mol. The number of hydrogen-bond donors (Lipinski definition) is 3. The monoisotopic (exact) mass is 453 g/mol. The molecule has 0 amide bonds. The van der Waals surface area contributed by atoms with Gasteiger partial charge in [0.05, 0.1) is 11.1 Å². The summed E-state index contributed by atoms with van der Waals surface area (Å²) in [6.45, 7) is 4.09. The minimum absolute atomic E-state index is 0. The first-order chi connectivity index (χ1) is 14.7. The van der Waals surface area contributed by atoms with E-state index in [1.165, 1.54) is 30.3 Å². The van der Waals surface area contributed by atoms with E-state index in [4.69, 9.17) is 0 Å². The van der Waals surface area contributed by atoms with Crippen LogP contribution in [0.3, 0.4) is 0 Å². The van der Waals surface area contributed by atoms with Crippen LogP contribution in [-0.2, 0) is 0 Å². The first-order valence-corrected chi connectivity index (χ1v) is 9.60. The van der Waals surface area contributed by atoms with Gasteiger partial charge in [0.15, 0.2) is 17.5 Å². The van der Waals surface area contributed by atoms with Crippen molar-refractivity contribution in [1.29, 1.82) is 0 Å². The summed E-state index contributed by atoms with van der Waals surface area (Å²) >= 11 is 0. The topological polar surface area (TPSA) is 122 Å². The minimum Gasteiger partial charge on any atom is -0.872 e. The Morgan fingerprint density at radius 1 is 0.781 bits per heavy atom. The molecule has 1 aliphatic rings. The predicted octanol–water partition coefficient (Wildman–Crippen LogP) is 0.936. The van der Waals surface area contributed by atoms with E-state index < -0.39 is 0 Å². The van der Waals surface area contributed by atoms with Crippen molar-refractivity contribution in [3.05, 3.63) is 72.6 Å². The Hall–Kier alpha value is -2.49. The quantitative estimate of drug-likeness (QED) is 0.505. The molecule has 0 saturated heterocycles. The summed E-state index contributed by atoms with van der Waals surface area (Å²) in [5.74, 6) is -0.240. The molecule has 0 unspecified atom stereocenters. The number of aromatic nitrogens is 3. The first kappa shape index (κ1) is 24.2. The maximum atomic E-state index is 11.6. The van der Waals surface area contributed by atoms with E-state index in [0.717, 1.165) is 11.6 Å². The summed E-state index contributed by atoms with van der Waals surface area (Å²) in [5, 5.41) is 41.8. The molecule has 3 aromatic rings. The van der Waals surface area contributed by atoms with Crippen molar-refractivity contribution in [2.75, 3.05) is 0 Å². The van der Waals surface area contributed by atoms with E-state index in [1.54, 1.807) is 0 Å². The number of rotatable bonds is 3. The zero-order chi connectivity index (χ0) is 22.2. The van der Waals surface area contributed by atoms with Crippen molar-refractivity contribution >= 4 is 5.57 Å². The van der Waals surface area contributed by atoms with Crippen LogP contribution < -0.4 is 56.5 Å². The van der Waals surface area contributed by atoms with Crippen molar-refractivity contribution in [2.24, 2.45) is 5.41 Å². The second-order valence-corrected chi connectivity index (χ2v) is 7.83. The molecular formula is C24H20KN3O4. The van der Waals surface area contributed by atoms with Gasteiger partial charge in [-0.3, -0.25) is 0 Å². The Morgan fingerprint density at radius 3 is 2.00 bits per heavy atom. The van der Waals surface area contributed by atoms with Crippen LogP contribution in [0.25, 0.3) is 28.3 Å². The SMILES string of the molecule is CC1(C)C=CC=CC(c2nc(-c3ccc([O-])cc3O)nc(-c3ccc(O)cc3O)n2)=C1.[K+]. The first-order valence-electron chi connectivity index (χ1n) is 9.60. The number of nitrogens with zero attached hydrogens (tertiary/aromatic N) is 3. The third-order valence-electron chi connectivity index (χ3n) is 4.77. The number of benzene rings is 2. The summed E-state index contributed by atoms with van der Waals surface area (Å²) in [5.41, 5.74) is 1.04. The molecule has 7 nitrogen and oxygen atoms in total. The molecule has 156 valence electrons. The van der Waals surface area contributed by atoms with Crippen LogP contribution in [-0.4, -0.2) is 30.3 Å². The van der Waals surface area contributed by atoms with Gasteiger partial charge in [-0.1, -0.05) is 50.3 Å². The minimum atomic E-state index is -0.339. The molecule has 0 bridgehead atoms. The fourth-order valence-electron chi connectivity index (χ4n) is 3.25. The zero-order valence-corrected chi connectivity index (χ0v) is 21.1. The Balaban J connectivity index is 0.00000289. The molecule has 1 aromatic heterocycles. The van der Waals surface area contributed by atoms with Crippen LogP contribution in [0.15, 0.2) is 66.8 Å². The van der Waals surface area contributed by atoms with Gasteiger partial charge in [-0.25, -0.2) is 15.0 Å². The Kier molecular flexibility index (Phi) is 7.21. The fraction of sp³-hybridized carbons (Fsp3) is 0.125. The second-order valence-electron chi connectivity index (χ2n) is 7.83. The molecule has 0 atom stereocenters. The summed E-state index contributed by atoms with van der Waals surface area (Å²) in [4.78, 5) is 13.5. The standard InChI is InChI=1S/C24H21N3O4.K/c1-24(2)10-4-3-5-14(13-24)21-25-22(17-8-6-15(28)11-19(17)30)27-23(26-21)18-9-7-16(29)12-20(18)31;/h3-13,28-31H,1-2H3;/q;+1/p-1. The van der Waals surface area contributed by atoms with Crippen molar-refractivity contribution in [3.63, 3.8) is 0 Å². The van der Waals surface area contributed by atoms with Crippen LogP contribution in [0.2, 0.25) is 0 Å². The third-order valence-corrected chi connectivity index (χ3v) is 4.77.